The summed E-state index contributed by atoms with van der Waals surface area (Å²) in [4.78, 5) is 36.6. The molecule has 0 radical (unpaired) electrons. The van der Waals surface area contributed by atoms with Crippen molar-refractivity contribution in [3.8, 4) is 0 Å². The minimum absolute atomic E-state index is 0.199. The van der Waals surface area contributed by atoms with Gasteiger partial charge in [-0.1, -0.05) is 29.3 Å². The number of piperidine rings is 1. The average Bonchev–Trinajstić information content (AvgIpc) is 3.21. The first-order chi connectivity index (χ1) is 15.2. The normalized spacial score (nSPS) is 16.8. The number of carbonyl (C=O) groups excluding carboxylic acids is 3. The minimum atomic E-state index is -0.840. The Bertz CT molecular complexity index is 1210. The van der Waals surface area contributed by atoms with Gasteiger partial charge in [0, 0.05) is 28.6 Å². The third kappa shape index (κ3) is 4.20. The number of halogens is 2. The van der Waals surface area contributed by atoms with Crippen molar-refractivity contribution in [2.24, 2.45) is 0 Å². The molecule has 0 saturated carbocycles. The van der Waals surface area contributed by atoms with Gasteiger partial charge in [-0.15, -0.1) is 0 Å². The summed E-state index contributed by atoms with van der Waals surface area (Å²) in [5, 5.41) is 13.5. The van der Waals surface area contributed by atoms with Crippen LogP contribution < -0.4 is 10.6 Å². The lowest BCUT2D eigenvalue weighted by Crippen LogP contribution is -2.40. The van der Waals surface area contributed by atoms with Crippen molar-refractivity contribution in [2.45, 2.75) is 44.6 Å². The molecule has 1 fully saturated rings. The maximum atomic E-state index is 12.9. The highest BCUT2D eigenvalue weighted by Crippen LogP contribution is 2.37. The van der Waals surface area contributed by atoms with Gasteiger partial charge >= 0.3 is 0 Å². The Kier molecular flexibility index (Phi) is 5.92. The second kappa shape index (κ2) is 8.52. The third-order valence-corrected chi connectivity index (χ3v) is 6.35. The number of hydrogen-bond donors (Lipinski definition) is 2. The van der Waals surface area contributed by atoms with Crippen LogP contribution in [-0.4, -0.2) is 28.0 Å². The van der Waals surface area contributed by atoms with Crippen molar-refractivity contribution in [3.05, 3.63) is 57.1 Å². The van der Waals surface area contributed by atoms with Crippen molar-refractivity contribution in [1.82, 2.24) is 20.9 Å². The first-order valence-electron chi connectivity index (χ1n) is 9.99. The largest absolute Gasteiger partial charge is 0.351 e. The Balaban J connectivity index is 1.49. The number of rotatable bonds is 5. The molecule has 166 valence electrons. The van der Waals surface area contributed by atoms with Crippen LogP contribution in [0, 0.1) is 0 Å². The first-order valence-corrected chi connectivity index (χ1v) is 10.7. The molecule has 32 heavy (non-hydrogen) atoms. The van der Waals surface area contributed by atoms with Gasteiger partial charge in [0.2, 0.25) is 17.7 Å². The number of carbonyl (C=O) groups is 3. The average molecular weight is 475 g/mol. The molecule has 4 rings (SSSR count). The van der Waals surface area contributed by atoms with Crippen molar-refractivity contribution in [3.63, 3.8) is 0 Å². The van der Waals surface area contributed by atoms with Crippen LogP contribution in [0.2, 0.25) is 10.0 Å². The SMILES string of the molecule is CC(C)(C(=O)NCc1cc(Cl)c(C2CCC(=O)NC2=O)c(Cl)c1)c1ccc2nonc2c1. The van der Waals surface area contributed by atoms with Crippen LogP contribution in [0.15, 0.2) is 35.0 Å². The summed E-state index contributed by atoms with van der Waals surface area (Å²) in [5.41, 5.74) is 2.30. The molecule has 3 aromatic rings. The molecular weight excluding hydrogens is 455 g/mol. The van der Waals surface area contributed by atoms with Gasteiger partial charge in [-0.05, 0) is 66.0 Å². The van der Waals surface area contributed by atoms with E-state index >= 15 is 0 Å². The van der Waals surface area contributed by atoms with Crippen LogP contribution in [0.5, 0.6) is 0 Å². The highest BCUT2D eigenvalue weighted by molar-refractivity contribution is 6.36. The smallest absolute Gasteiger partial charge is 0.234 e. The summed E-state index contributed by atoms with van der Waals surface area (Å²) >= 11 is 12.9. The minimum Gasteiger partial charge on any atom is -0.351 e. The molecule has 10 heteroatoms. The van der Waals surface area contributed by atoms with E-state index in [1.54, 1.807) is 24.3 Å². The van der Waals surface area contributed by atoms with Crippen LogP contribution in [0.25, 0.3) is 11.0 Å². The number of imide groups is 1. The second-order valence-electron chi connectivity index (χ2n) is 8.25. The molecule has 0 spiro atoms. The highest BCUT2D eigenvalue weighted by atomic mass is 35.5. The number of hydrogen-bond acceptors (Lipinski definition) is 6. The summed E-state index contributed by atoms with van der Waals surface area (Å²) in [5.74, 6) is -1.50. The lowest BCUT2D eigenvalue weighted by molar-refractivity contribution is -0.134. The molecule has 1 aliphatic heterocycles. The summed E-state index contributed by atoms with van der Waals surface area (Å²) in [6, 6.07) is 8.69. The second-order valence-corrected chi connectivity index (χ2v) is 9.07. The van der Waals surface area contributed by atoms with E-state index < -0.39 is 17.2 Å². The van der Waals surface area contributed by atoms with Gasteiger partial charge in [0.05, 0.1) is 11.3 Å². The maximum Gasteiger partial charge on any atom is 0.234 e. The van der Waals surface area contributed by atoms with Crippen molar-refractivity contribution >= 4 is 52.0 Å². The lowest BCUT2D eigenvalue weighted by Gasteiger charge is -2.25. The fraction of sp³-hybridized carbons (Fsp3) is 0.318. The Morgan fingerprint density at radius 2 is 1.84 bits per heavy atom. The van der Waals surface area contributed by atoms with Crippen LogP contribution in [0.1, 0.15) is 49.3 Å². The van der Waals surface area contributed by atoms with Gasteiger partial charge in [-0.25, -0.2) is 4.63 Å². The zero-order chi connectivity index (χ0) is 23.0. The molecule has 8 nitrogen and oxygen atoms in total. The monoisotopic (exact) mass is 474 g/mol. The lowest BCUT2D eigenvalue weighted by atomic mass is 9.83. The van der Waals surface area contributed by atoms with E-state index in [4.69, 9.17) is 27.8 Å². The van der Waals surface area contributed by atoms with Crippen LogP contribution in [-0.2, 0) is 26.3 Å². The quantitative estimate of drug-likeness (QED) is 0.545. The van der Waals surface area contributed by atoms with Gasteiger partial charge in [0.15, 0.2) is 0 Å². The fourth-order valence-electron chi connectivity index (χ4n) is 3.75. The molecule has 0 aliphatic carbocycles. The number of nitrogens with zero attached hydrogens (tertiary/aromatic N) is 2. The van der Waals surface area contributed by atoms with Gasteiger partial charge in [-0.3, -0.25) is 19.7 Å². The van der Waals surface area contributed by atoms with Gasteiger partial charge in [0.25, 0.3) is 0 Å². The molecule has 2 heterocycles. The standard InChI is InChI=1S/C22H20Cl2N4O4/c1-22(2,12-3-5-16-17(9-12)28-32-27-16)21(31)25-10-11-7-14(23)19(15(24)8-11)13-4-6-18(29)26-20(13)30/h3,5,7-9,13H,4,6,10H2,1-2H3,(H,25,31)(H,26,29,30). The Hall–Kier alpha value is -2.97. The summed E-state index contributed by atoms with van der Waals surface area (Å²) < 4.78 is 4.72. The summed E-state index contributed by atoms with van der Waals surface area (Å²) in [6.07, 6.45) is 0.575. The molecule has 1 unspecified atom stereocenters. The predicted molar refractivity (Wildman–Crippen MR) is 118 cm³/mol. The van der Waals surface area contributed by atoms with Crippen LogP contribution in [0.4, 0.5) is 0 Å². The third-order valence-electron chi connectivity index (χ3n) is 5.72. The van der Waals surface area contributed by atoms with E-state index in [-0.39, 0.29) is 24.8 Å². The zero-order valence-corrected chi connectivity index (χ0v) is 18.9. The number of benzene rings is 2. The van der Waals surface area contributed by atoms with Gasteiger partial charge in [-0.2, -0.15) is 0 Å². The molecule has 1 aliphatic rings. The number of nitrogens with one attached hydrogen (secondary N) is 2. The fourth-order valence-corrected chi connectivity index (χ4v) is 4.54. The van der Waals surface area contributed by atoms with Gasteiger partial charge < -0.3 is 5.32 Å². The Labute approximate surface area is 193 Å². The van der Waals surface area contributed by atoms with E-state index in [0.717, 1.165) is 5.56 Å². The molecule has 3 amide bonds. The number of aromatic nitrogens is 2. The molecule has 2 N–H and O–H groups in total. The van der Waals surface area contributed by atoms with Crippen LogP contribution in [0.3, 0.4) is 0 Å². The first kappa shape index (κ1) is 22.2. The molecular formula is C22H20Cl2N4O4. The Morgan fingerprint density at radius 1 is 1.16 bits per heavy atom. The van der Waals surface area contributed by atoms with Crippen molar-refractivity contribution in [1.29, 1.82) is 0 Å². The van der Waals surface area contributed by atoms with E-state index in [2.05, 4.69) is 20.9 Å². The predicted octanol–water partition coefficient (Wildman–Crippen LogP) is 3.64. The van der Waals surface area contributed by atoms with E-state index in [1.807, 2.05) is 19.9 Å². The maximum absolute atomic E-state index is 12.9. The summed E-state index contributed by atoms with van der Waals surface area (Å²) in [7, 11) is 0. The Morgan fingerprint density at radius 3 is 2.53 bits per heavy atom. The molecule has 1 aromatic heterocycles. The number of fused-ring (bicyclic) bond motifs is 1. The molecule has 0 bridgehead atoms. The zero-order valence-electron chi connectivity index (χ0n) is 17.4. The van der Waals surface area contributed by atoms with E-state index in [1.165, 1.54) is 0 Å². The topological polar surface area (TPSA) is 114 Å². The number of amides is 3. The summed E-state index contributed by atoms with van der Waals surface area (Å²) in [6.45, 7) is 3.82. The van der Waals surface area contributed by atoms with Crippen LogP contribution >= 0.6 is 23.2 Å². The van der Waals surface area contributed by atoms with Crippen molar-refractivity contribution < 1.29 is 19.0 Å². The van der Waals surface area contributed by atoms with E-state index in [9.17, 15) is 14.4 Å². The van der Waals surface area contributed by atoms with Gasteiger partial charge in [0.1, 0.15) is 11.0 Å². The molecule has 1 atom stereocenters. The highest BCUT2D eigenvalue weighted by Gasteiger charge is 2.32. The molecule has 1 saturated heterocycles. The molecule has 2 aromatic carbocycles. The van der Waals surface area contributed by atoms with Crippen molar-refractivity contribution in [2.75, 3.05) is 0 Å². The van der Waals surface area contributed by atoms with E-state index in [0.29, 0.717) is 38.6 Å².